The van der Waals surface area contributed by atoms with Crippen molar-refractivity contribution in [3.05, 3.63) is 45.4 Å². The van der Waals surface area contributed by atoms with E-state index in [4.69, 9.17) is 4.74 Å². The lowest BCUT2D eigenvalue weighted by Gasteiger charge is -2.09. The van der Waals surface area contributed by atoms with Crippen LogP contribution in [0, 0.1) is 13.8 Å². The maximum Gasteiger partial charge on any atom is 0.140 e. The van der Waals surface area contributed by atoms with Crippen LogP contribution < -0.4 is 10.1 Å². The number of thiazole rings is 1. The van der Waals surface area contributed by atoms with Gasteiger partial charge in [0.2, 0.25) is 0 Å². The number of hydrogen-bond acceptors (Lipinski definition) is 4. The average Bonchev–Trinajstić information content (AvgIpc) is 2.79. The van der Waals surface area contributed by atoms with Crippen molar-refractivity contribution in [3.8, 4) is 5.75 Å². The first kappa shape index (κ1) is 13.1. The van der Waals surface area contributed by atoms with Crippen LogP contribution in [0.5, 0.6) is 5.75 Å². The summed E-state index contributed by atoms with van der Waals surface area (Å²) in [5.74, 6) is 0.945. The SMILES string of the molecule is CNCc1cnc(COc2cccc(C)c2C)s1. The molecule has 1 N–H and O–H groups in total. The molecule has 96 valence electrons. The van der Waals surface area contributed by atoms with Crippen LogP contribution >= 0.6 is 11.3 Å². The molecule has 0 radical (unpaired) electrons. The zero-order valence-electron chi connectivity index (χ0n) is 11.0. The van der Waals surface area contributed by atoms with Crippen molar-refractivity contribution >= 4 is 11.3 Å². The van der Waals surface area contributed by atoms with Crippen LogP contribution in [-0.4, -0.2) is 12.0 Å². The molecule has 1 aromatic carbocycles. The summed E-state index contributed by atoms with van der Waals surface area (Å²) in [4.78, 5) is 5.59. The Bertz CT molecular complexity index is 522. The van der Waals surface area contributed by atoms with Gasteiger partial charge in [0, 0.05) is 17.6 Å². The highest BCUT2D eigenvalue weighted by molar-refractivity contribution is 7.11. The molecule has 0 bridgehead atoms. The van der Waals surface area contributed by atoms with Crippen molar-refractivity contribution in [3.63, 3.8) is 0 Å². The molecule has 0 aliphatic heterocycles. The number of nitrogens with zero attached hydrogens (tertiary/aromatic N) is 1. The number of nitrogens with one attached hydrogen (secondary N) is 1. The molecule has 4 heteroatoms. The molecule has 1 heterocycles. The molecule has 2 aromatic rings. The van der Waals surface area contributed by atoms with Crippen LogP contribution in [0.4, 0.5) is 0 Å². The Morgan fingerprint density at radius 2 is 2.17 bits per heavy atom. The van der Waals surface area contributed by atoms with Crippen molar-refractivity contribution in [2.75, 3.05) is 7.05 Å². The molecule has 18 heavy (non-hydrogen) atoms. The van der Waals surface area contributed by atoms with Gasteiger partial charge in [-0.05, 0) is 38.1 Å². The summed E-state index contributed by atoms with van der Waals surface area (Å²) in [7, 11) is 1.94. The molecule has 0 aliphatic rings. The van der Waals surface area contributed by atoms with E-state index in [0.29, 0.717) is 6.61 Å². The van der Waals surface area contributed by atoms with Gasteiger partial charge in [0.05, 0.1) is 0 Å². The third kappa shape index (κ3) is 3.09. The second kappa shape index (κ2) is 5.98. The Labute approximate surface area is 112 Å². The van der Waals surface area contributed by atoms with E-state index in [-0.39, 0.29) is 0 Å². The normalized spacial score (nSPS) is 10.6. The van der Waals surface area contributed by atoms with Gasteiger partial charge in [0.1, 0.15) is 17.4 Å². The minimum absolute atomic E-state index is 0.540. The summed E-state index contributed by atoms with van der Waals surface area (Å²) >= 11 is 1.69. The molecule has 0 aliphatic carbocycles. The van der Waals surface area contributed by atoms with E-state index in [1.807, 2.05) is 25.4 Å². The standard InChI is InChI=1S/C14H18N2OS/c1-10-5-4-6-13(11(10)2)17-9-14-16-8-12(18-14)7-15-3/h4-6,8,15H,7,9H2,1-3H3. The lowest BCUT2D eigenvalue weighted by Crippen LogP contribution is -2.02. The van der Waals surface area contributed by atoms with Gasteiger partial charge >= 0.3 is 0 Å². The molecule has 0 atom stereocenters. The minimum Gasteiger partial charge on any atom is -0.486 e. The number of ether oxygens (including phenoxy) is 1. The first-order chi connectivity index (χ1) is 8.70. The zero-order chi connectivity index (χ0) is 13.0. The first-order valence-electron chi connectivity index (χ1n) is 5.98. The summed E-state index contributed by atoms with van der Waals surface area (Å²) in [6.07, 6.45) is 1.91. The van der Waals surface area contributed by atoms with E-state index in [1.165, 1.54) is 16.0 Å². The smallest absolute Gasteiger partial charge is 0.140 e. The average molecular weight is 262 g/mol. The summed E-state index contributed by atoms with van der Waals surface area (Å²) in [5, 5.41) is 4.13. The van der Waals surface area contributed by atoms with Crippen LogP contribution in [0.1, 0.15) is 21.0 Å². The molecular formula is C14H18N2OS. The van der Waals surface area contributed by atoms with E-state index >= 15 is 0 Å². The highest BCUT2D eigenvalue weighted by Crippen LogP contribution is 2.22. The summed E-state index contributed by atoms with van der Waals surface area (Å²) in [6, 6.07) is 6.12. The molecule has 0 amide bonds. The van der Waals surface area contributed by atoms with Crippen molar-refractivity contribution in [2.45, 2.75) is 27.0 Å². The minimum atomic E-state index is 0.540. The number of aromatic nitrogens is 1. The maximum absolute atomic E-state index is 5.82. The van der Waals surface area contributed by atoms with Gasteiger partial charge in [-0.15, -0.1) is 11.3 Å². The Hall–Kier alpha value is -1.39. The molecule has 2 rings (SSSR count). The summed E-state index contributed by atoms with van der Waals surface area (Å²) in [5.41, 5.74) is 2.45. The molecule has 0 unspecified atom stereocenters. The van der Waals surface area contributed by atoms with Gasteiger partial charge in [-0.3, -0.25) is 0 Å². The van der Waals surface area contributed by atoms with E-state index < -0.39 is 0 Å². The zero-order valence-corrected chi connectivity index (χ0v) is 11.8. The number of aryl methyl sites for hydroxylation is 1. The lowest BCUT2D eigenvalue weighted by molar-refractivity contribution is 0.303. The van der Waals surface area contributed by atoms with E-state index in [2.05, 4.69) is 30.2 Å². The largest absolute Gasteiger partial charge is 0.486 e. The predicted molar refractivity (Wildman–Crippen MR) is 75.1 cm³/mol. The molecular weight excluding hydrogens is 244 g/mol. The van der Waals surface area contributed by atoms with Gasteiger partial charge in [0.15, 0.2) is 0 Å². The Balaban J connectivity index is 2.00. The molecule has 0 saturated carbocycles. The highest BCUT2D eigenvalue weighted by atomic mass is 32.1. The van der Waals surface area contributed by atoms with Gasteiger partial charge < -0.3 is 10.1 Å². The Kier molecular flexibility index (Phi) is 4.33. The fraction of sp³-hybridized carbons (Fsp3) is 0.357. The quantitative estimate of drug-likeness (QED) is 0.899. The van der Waals surface area contributed by atoms with Crippen LogP contribution in [0.2, 0.25) is 0 Å². The molecule has 1 aromatic heterocycles. The van der Waals surface area contributed by atoms with Crippen LogP contribution in [-0.2, 0) is 13.2 Å². The van der Waals surface area contributed by atoms with Gasteiger partial charge in [0.25, 0.3) is 0 Å². The number of benzene rings is 1. The number of hydrogen-bond donors (Lipinski definition) is 1. The van der Waals surface area contributed by atoms with Gasteiger partial charge in [-0.1, -0.05) is 12.1 Å². The molecule has 3 nitrogen and oxygen atoms in total. The number of rotatable bonds is 5. The topological polar surface area (TPSA) is 34.2 Å². The third-order valence-electron chi connectivity index (χ3n) is 2.86. The second-order valence-corrected chi connectivity index (χ2v) is 5.44. The lowest BCUT2D eigenvalue weighted by atomic mass is 10.1. The van der Waals surface area contributed by atoms with Crippen LogP contribution in [0.25, 0.3) is 0 Å². The molecule has 0 spiro atoms. The first-order valence-corrected chi connectivity index (χ1v) is 6.79. The second-order valence-electron chi connectivity index (χ2n) is 4.24. The fourth-order valence-electron chi connectivity index (χ4n) is 1.69. The Morgan fingerprint density at radius 3 is 2.94 bits per heavy atom. The van der Waals surface area contributed by atoms with E-state index in [0.717, 1.165) is 17.3 Å². The van der Waals surface area contributed by atoms with Gasteiger partial charge in [-0.25, -0.2) is 4.98 Å². The van der Waals surface area contributed by atoms with Gasteiger partial charge in [-0.2, -0.15) is 0 Å². The van der Waals surface area contributed by atoms with Crippen molar-refractivity contribution in [2.24, 2.45) is 0 Å². The maximum atomic E-state index is 5.82. The summed E-state index contributed by atoms with van der Waals surface area (Å²) < 4.78 is 5.82. The van der Waals surface area contributed by atoms with E-state index in [1.54, 1.807) is 11.3 Å². The van der Waals surface area contributed by atoms with Crippen LogP contribution in [0.3, 0.4) is 0 Å². The van der Waals surface area contributed by atoms with Crippen molar-refractivity contribution in [1.29, 1.82) is 0 Å². The monoisotopic (exact) mass is 262 g/mol. The predicted octanol–water partition coefficient (Wildman–Crippen LogP) is 3.06. The van der Waals surface area contributed by atoms with Crippen molar-refractivity contribution < 1.29 is 4.74 Å². The molecule has 0 saturated heterocycles. The Morgan fingerprint density at radius 1 is 1.33 bits per heavy atom. The van der Waals surface area contributed by atoms with E-state index in [9.17, 15) is 0 Å². The highest BCUT2D eigenvalue weighted by Gasteiger charge is 2.05. The fourth-order valence-corrected chi connectivity index (χ4v) is 2.54. The van der Waals surface area contributed by atoms with Crippen LogP contribution in [0.15, 0.2) is 24.4 Å². The third-order valence-corrected chi connectivity index (χ3v) is 3.83. The summed E-state index contributed by atoms with van der Waals surface area (Å²) in [6.45, 7) is 5.58. The van der Waals surface area contributed by atoms with Crippen molar-refractivity contribution in [1.82, 2.24) is 10.3 Å². The molecule has 0 fully saturated rings.